The Morgan fingerprint density at radius 1 is 1.47 bits per heavy atom. The van der Waals surface area contributed by atoms with Crippen LogP contribution in [0.3, 0.4) is 0 Å². The van der Waals surface area contributed by atoms with Crippen LogP contribution >= 0.6 is 0 Å². The van der Waals surface area contributed by atoms with Gasteiger partial charge in [0.05, 0.1) is 6.10 Å². The van der Waals surface area contributed by atoms with E-state index in [1.165, 1.54) is 12.1 Å². The fourth-order valence-corrected chi connectivity index (χ4v) is 2.34. The molecular weight excluding hydrogens is 217 g/mol. The van der Waals surface area contributed by atoms with Crippen molar-refractivity contribution in [3.63, 3.8) is 0 Å². The largest absolute Gasteiger partial charge is 0.387 e. The summed E-state index contributed by atoms with van der Waals surface area (Å²) in [5.41, 5.74) is 0.945. The Kier molecular flexibility index (Phi) is 3.50. The maximum atomic E-state index is 13.1. The summed E-state index contributed by atoms with van der Waals surface area (Å²) < 4.78 is 13.1. The highest BCUT2D eigenvalue weighted by molar-refractivity contribution is 5.20. The summed E-state index contributed by atoms with van der Waals surface area (Å²) in [5, 5.41) is 13.6. The lowest BCUT2D eigenvalue weighted by Gasteiger charge is -2.37. The third-order valence-corrected chi connectivity index (χ3v) is 3.55. The van der Waals surface area contributed by atoms with Gasteiger partial charge in [0, 0.05) is 12.6 Å². The van der Waals surface area contributed by atoms with Gasteiger partial charge in [-0.25, -0.2) is 4.39 Å². The van der Waals surface area contributed by atoms with E-state index in [9.17, 15) is 9.50 Å². The van der Waals surface area contributed by atoms with Crippen molar-refractivity contribution in [2.75, 3.05) is 6.54 Å². The Balaban J connectivity index is 2.04. The van der Waals surface area contributed by atoms with Crippen molar-refractivity contribution < 1.29 is 9.50 Å². The van der Waals surface area contributed by atoms with Crippen LogP contribution in [0.1, 0.15) is 38.4 Å². The summed E-state index contributed by atoms with van der Waals surface area (Å²) in [7, 11) is 0. The Labute approximate surface area is 102 Å². The summed E-state index contributed by atoms with van der Waals surface area (Å²) in [5.74, 6) is -0.294. The molecule has 1 heterocycles. The zero-order valence-electron chi connectivity index (χ0n) is 10.4. The summed E-state index contributed by atoms with van der Waals surface area (Å²) in [6.07, 6.45) is 1.38. The van der Waals surface area contributed by atoms with E-state index in [1.54, 1.807) is 12.1 Å². The maximum absolute atomic E-state index is 13.1. The SMILES string of the molecule is CC1(C)CC[C@H]([C@H](O)c2cccc(F)c2)NC1. The first-order chi connectivity index (χ1) is 7.98. The minimum absolute atomic E-state index is 0.0322. The van der Waals surface area contributed by atoms with Crippen LogP contribution in [0.15, 0.2) is 24.3 Å². The Morgan fingerprint density at radius 3 is 2.82 bits per heavy atom. The fraction of sp³-hybridized carbons (Fsp3) is 0.571. The van der Waals surface area contributed by atoms with E-state index in [0.29, 0.717) is 5.56 Å². The molecule has 0 aliphatic carbocycles. The Hall–Kier alpha value is -0.930. The number of halogens is 1. The summed E-state index contributed by atoms with van der Waals surface area (Å²) in [6, 6.07) is 6.25. The van der Waals surface area contributed by atoms with Gasteiger partial charge in [0.25, 0.3) is 0 Å². The second-order valence-corrected chi connectivity index (χ2v) is 5.69. The van der Waals surface area contributed by atoms with Crippen molar-refractivity contribution in [3.8, 4) is 0 Å². The van der Waals surface area contributed by atoms with Crippen LogP contribution in [-0.2, 0) is 0 Å². The quantitative estimate of drug-likeness (QED) is 0.828. The highest BCUT2D eigenvalue weighted by Gasteiger charge is 2.30. The maximum Gasteiger partial charge on any atom is 0.123 e. The lowest BCUT2D eigenvalue weighted by molar-refractivity contribution is 0.0867. The highest BCUT2D eigenvalue weighted by atomic mass is 19.1. The smallest absolute Gasteiger partial charge is 0.123 e. The molecule has 3 heteroatoms. The minimum atomic E-state index is -0.623. The number of piperidine rings is 1. The van der Waals surface area contributed by atoms with E-state index in [-0.39, 0.29) is 17.3 Å². The van der Waals surface area contributed by atoms with Crippen LogP contribution in [-0.4, -0.2) is 17.7 Å². The number of nitrogens with one attached hydrogen (secondary N) is 1. The molecule has 1 aromatic carbocycles. The van der Waals surface area contributed by atoms with Crippen molar-refractivity contribution in [1.82, 2.24) is 5.32 Å². The Morgan fingerprint density at radius 2 is 2.24 bits per heavy atom. The Bertz CT molecular complexity index is 382. The predicted molar refractivity (Wildman–Crippen MR) is 66.2 cm³/mol. The molecule has 0 bridgehead atoms. The zero-order chi connectivity index (χ0) is 12.5. The average Bonchev–Trinajstić information content (AvgIpc) is 2.28. The van der Waals surface area contributed by atoms with Gasteiger partial charge in [-0.3, -0.25) is 0 Å². The molecule has 1 aliphatic rings. The second kappa shape index (κ2) is 4.75. The fourth-order valence-electron chi connectivity index (χ4n) is 2.34. The summed E-state index contributed by atoms with van der Waals surface area (Å²) >= 11 is 0. The van der Waals surface area contributed by atoms with Crippen LogP contribution in [0.2, 0.25) is 0 Å². The van der Waals surface area contributed by atoms with Crippen molar-refractivity contribution in [1.29, 1.82) is 0 Å². The molecule has 0 radical (unpaired) electrons. The number of rotatable bonds is 2. The van der Waals surface area contributed by atoms with E-state index in [4.69, 9.17) is 0 Å². The third-order valence-electron chi connectivity index (χ3n) is 3.55. The van der Waals surface area contributed by atoms with Crippen molar-refractivity contribution in [2.24, 2.45) is 5.41 Å². The normalized spacial score (nSPS) is 25.5. The van der Waals surface area contributed by atoms with E-state index in [0.717, 1.165) is 19.4 Å². The number of hydrogen-bond donors (Lipinski definition) is 2. The number of hydrogen-bond acceptors (Lipinski definition) is 2. The average molecular weight is 237 g/mol. The second-order valence-electron chi connectivity index (χ2n) is 5.69. The van der Waals surface area contributed by atoms with Gasteiger partial charge in [-0.1, -0.05) is 26.0 Å². The zero-order valence-corrected chi connectivity index (χ0v) is 10.4. The van der Waals surface area contributed by atoms with Crippen molar-refractivity contribution >= 4 is 0 Å². The molecule has 1 aromatic rings. The molecule has 2 N–H and O–H groups in total. The molecule has 0 unspecified atom stereocenters. The molecule has 1 aliphatic heterocycles. The molecule has 17 heavy (non-hydrogen) atoms. The molecule has 2 atom stereocenters. The van der Waals surface area contributed by atoms with Gasteiger partial charge >= 0.3 is 0 Å². The monoisotopic (exact) mass is 237 g/mol. The van der Waals surface area contributed by atoms with E-state index in [2.05, 4.69) is 19.2 Å². The van der Waals surface area contributed by atoms with Crippen LogP contribution in [0, 0.1) is 11.2 Å². The highest BCUT2D eigenvalue weighted by Crippen LogP contribution is 2.31. The number of aliphatic hydroxyl groups excluding tert-OH is 1. The van der Waals surface area contributed by atoms with E-state index in [1.807, 2.05) is 0 Å². The van der Waals surface area contributed by atoms with Crippen molar-refractivity contribution in [3.05, 3.63) is 35.6 Å². The standard InChI is InChI=1S/C14H20FNO/c1-14(2)7-6-12(16-9-14)13(17)10-4-3-5-11(15)8-10/h3-5,8,12-13,16-17H,6-7,9H2,1-2H3/t12-,13-/m1/s1. The summed E-state index contributed by atoms with van der Waals surface area (Å²) in [6.45, 7) is 5.32. The van der Waals surface area contributed by atoms with Gasteiger partial charge in [0.2, 0.25) is 0 Å². The molecule has 2 rings (SSSR count). The molecular formula is C14H20FNO. The molecule has 0 spiro atoms. The van der Waals surface area contributed by atoms with Gasteiger partial charge in [-0.05, 0) is 36.0 Å². The van der Waals surface area contributed by atoms with Crippen LogP contribution in [0.4, 0.5) is 4.39 Å². The number of benzene rings is 1. The summed E-state index contributed by atoms with van der Waals surface area (Å²) in [4.78, 5) is 0. The van der Waals surface area contributed by atoms with Gasteiger partial charge in [-0.2, -0.15) is 0 Å². The molecule has 2 nitrogen and oxygen atoms in total. The minimum Gasteiger partial charge on any atom is -0.387 e. The van der Waals surface area contributed by atoms with Crippen LogP contribution in [0.5, 0.6) is 0 Å². The molecule has 0 aromatic heterocycles. The molecule has 94 valence electrons. The molecule has 0 amide bonds. The van der Waals surface area contributed by atoms with Gasteiger partial charge < -0.3 is 10.4 Å². The molecule has 0 saturated carbocycles. The first kappa shape index (κ1) is 12.5. The third kappa shape index (κ3) is 3.05. The van der Waals surface area contributed by atoms with Crippen LogP contribution in [0.25, 0.3) is 0 Å². The van der Waals surface area contributed by atoms with Crippen LogP contribution < -0.4 is 5.32 Å². The topological polar surface area (TPSA) is 32.3 Å². The van der Waals surface area contributed by atoms with Gasteiger partial charge in [0.15, 0.2) is 0 Å². The van der Waals surface area contributed by atoms with Gasteiger partial charge in [-0.15, -0.1) is 0 Å². The first-order valence-electron chi connectivity index (χ1n) is 6.15. The number of aliphatic hydroxyl groups is 1. The van der Waals surface area contributed by atoms with E-state index < -0.39 is 6.10 Å². The first-order valence-corrected chi connectivity index (χ1v) is 6.15. The van der Waals surface area contributed by atoms with Gasteiger partial charge in [0.1, 0.15) is 5.82 Å². The lowest BCUT2D eigenvalue weighted by Crippen LogP contribution is -2.46. The van der Waals surface area contributed by atoms with E-state index >= 15 is 0 Å². The predicted octanol–water partition coefficient (Wildman–Crippen LogP) is 2.64. The molecule has 1 fully saturated rings. The van der Waals surface area contributed by atoms with Crippen molar-refractivity contribution in [2.45, 2.75) is 38.8 Å². The molecule has 1 saturated heterocycles. The lowest BCUT2D eigenvalue weighted by atomic mass is 9.80.